The number of hydrogen-bond acceptors (Lipinski definition) is 5. The number of hydrogen-bond donors (Lipinski definition) is 0. The Morgan fingerprint density at radius 3 is 2.82 bits per heavy atom. The Morgan fingerprint density at radius 1 is 1.53 bits per heavy atom. The normalized spacial score (nSPS) is 25.0. The van der Waals surface area contributed by atoms with Gasteiger partial charge in [0.2, 0.25) is 5.78 Å². The first-order valence-corrected chi connectivity index (χ1v) is 7.12. The number of carbonyl (C=O) groups is 1. The summed E-state index contributed by atoms with van der Waals surface area (Å²) < 4.78 is 34.1. The van der Waals surface area contributed by atoms with E-state index in [0.717, 1.165) is 0 Å². The predicted octanol–water partition coefficient (Wildman–Crippen LogP) is 1.05. The van der Waals surface area contributed by atoms with E-state index >= 15 is 0 Å². The summed E-state index contributed by atoms with van der Waals surface area (Å²) in [6, 6.07) is 3.02. The molecule has 2 heterocycles. The first-order chi connectivity index (χ1) is 8.00. The Morgan fingerprint density at radius 2 is 2.29 bits per heavy atom. The topological polar surface area (TPSA) is 73.6 Å². The molecular formula is C11H14O5S. The van der Waals surface area contributed by atoms with Crippen molar-refractivity contribution in [3.63, 3.8) is 0 Å². The summed E-state index contributed by atoms with van der Waals surface area (Å²) in [5.41, 5.74) is 0. The van der Waals surface area contributed by atoms with Gasteiger partial charge in [0.25, 0.3) is 0 Å². The van der Waals surface area contributed by atoms with Crippen molar-refractivity contribution in [2.75, 3.05) is 12.4 Å². The number of Topliss-reactive ketones (excluding diaryl/α,β-unsaturated/α-hetero) is 1. The Labute approximate surface area is 99.7 Å². The lowest BCUT2D eigenvalue weighted by atomic mass is 10.3. The van der Waals surface area contributed by atoms with Crippen LogP contribution >= 0.6 is 0 Å². The second kappa shape index (κ2) is 4.62. The largest absolute Gasteiger partial charge is 0.461 e. The van der Waals surface area contributed by atoms with E-state index in [4.69, 9.17) is 9.15 Å². The van der Waals surface area contributed by atoms with E-state index in [1.807, 2.05) is 0 Å². The van der Waals surface area contributed by atoms with Crippen molar-refractivity contribution in [1.29, 1.82) is 0 Å². The van der Waals surface area contributed by atoms with Crippen LogP contribution in [0.15, 0.2) is 22.8 Å². The van der Waals surface area contributed by atoms with Crippen molar-refractivity contribution < 1.29 is 22.4 Å². The van der Waals surface area contributed by atoms with E-state index in [0.29, 0.717) is 13.0 Å². The van der Waals surface area contributed by atoms with Gasteiger partial charge in [0.05, 0.1) is 17.6 Å². The maximum Gasteiger partial charge on any atom is 0.212 e. The summed E-state index contributed by atoms with van der Waals surface area (Å²) in [4.78, 5) is 11.7. The lowest BCUT2D eigenvalue weighted by Gasteiger charge is -2.13. The van der Waals surface area contributed by atoms with Crippen LogP contribution in [0.25, 0.3) is 0 Å². The maximum absolute atomic E-state index is 12.0. The van der Waals surface area contributed by atoms with Gasteiger partial charge in [-0.3, -0.25) is 4.79 Å². The van der Waals surface area contributed by atoms with Crippen LogP contribution in [0.5, 0.6) is 0 Å². The van der Waals surface area contributed by atoms with Crippen molar-refractivity contribution in [2.24, 2.45) is 0 Å². The lowest BCUT2D eigenvalue weighted by Crippen LogP contribution is -2.32. The molecule has 2 rings (SSSR count). The minimum atomic E-state index is -3.47. The smallest absolute Gasteiger partial charge is 0.212 e. The molecule has 1 aromatic rings. The summed E-state index contributed by atoms with van der Waals surface area (Å²) in [6.45, 7) is 2.15. The molecule has 1 aliphatic heterocycles. The molecule has 5 nitrogen and oxygen atoms in total. The van der Waals surface area contributed by atoms with Gasteiger partial charge in [-0.2, -0.15) is 0 Å². The van der Waals surface area contributed by atoms with Gasteiger partial charge in [-0.15, -0.1) is 0 Å². The number of sulfone groups is 1. The number of rotatable bonds is 4. The Kier molecular flexibility index (Phi) is 3.35. The number of ketones is 1. The quantitative estimate of drug-likeness (QED) is 0.755. The fourth-order valence-electron chi connectivity index (χ4n) is 1.98. The molecule has 0 amide bonds. The van der Waals surface area contributed by atoms with Crippen LogP contribution in [0.1, 0.15) is 23.9 Å². The molecule has 2 unspecified atom stereocenters. The fraction of sp³-hybridized carbons (Fsp3) is 0.545. The van der Waals surface area contributed by atoms with Crippen LogP contribution in [-0.4, -0.2) is 37.9 Å². The highest BCUT2D eigenvalue weighted by atomic mass is 32.2. The van der Waals surface area contributed by atoms with Gasteiger partial charge in [0.1, 0.15) is 5.75 Å². The fourth-order valence-corrected chi connectivity index (χ4v) is 3.82. The Bertz CT molecular complexity index is 488. The molecular weight excluding hydrogens is 244 g/mol. The zero-order valence-electron chi connectivity index (χ0n) is 9.46. The molecule has 2 atom stereocenters. The number of furan rings is 1. The Balaban J connectivity index is 2.10. The molecule has 1 aliphatic rings. The van der Waals surface area contributed by atoms with Gasteiger partial charge in [-0.05, 0) is 25.5 Å². The van der Waals surface area contributed by atoms with Crippen molar-refractivity contribution in [2.45, 2.75) is 24.7 Å². The predicted molar refractivity (Wildman–Crippen MR) is 60.6 cm³/mol. The first-order valence-electron chi connectivity index (χ1n) is 5.40. The molecule has 0 aliphatic carbocycles. The SMILES string of the molecule is CC1OCCC1S(=O)(=O)CC(=O)c1ccco1. The molecule has 6 heteroatoms. The highest BCUT2D eigenvalue weighted by molar-refractivity contribution is 7.92. The molecule has 17 heavy (non-hydrogen) atoms. The number of ether oxygens (including phenoxy) is 1. The highest BCUT2D eigenvalue weighted by Gasteiger charge is 2.37. The summed E-state index contributed by atoms with van der Waals surface area (Å²) in [5.74, 6) is -0.937. The van der Waals surface area contributed by atoms with Gasteiger partial charge < -0.3 is 9.15 Å². The molecule has 94 valence electrons. The van der Waals surface area contributed by atoms with E-state index in [1.165, 1.54) is 12.3 Å². The molecule has 0 N–H and O–H groups in total. The van der Waals surface area contributed by atoms with E-state index in [2.05, 4.69) is 0 Å². The summed E-state index contributed by atoms with van der Waals surface area (Å²) in [5, 5.41) is -0.582. The second-order valence-corrected chi connectivity index (χ2v) is 6.33. The van der Waals surface area contributed by atoms with Crippen molar-refractivity contribution in [3.05, 3.63) is 24.2 Å². The molecule has 0 bridgehead atoms. The molecule has 1 saturated heterocycles. The van der Waals surface area contributed by atoms with Crippen molar-refractivity contribution in [3.8, 4) is 0 Å². The van der Waals surface area contributed by atoms with Gasteiger partial charge in [0, 0.05) is 6.61 Å². The van der Waals surface area contributed by atoms with Gasteiger partial charge in [-0.1, -0.05) is 0 Å². The van der Waals surface area contributed by atoms with Gasteiger partial charge in [0.15, 0.2) is 15.6 Å². The third-order valence-electron chi connectivity index (χ3n) is 2.90. The van der Waals surface area contributed by atoms with Crippen LogP contribution < -0.4 is 0 Å². The lowest BCUT2D eigenvalue weighted by molar-refractivity contribution is 0.0990. The molecule has 1 fully saturated rings. The van der Waals surface area contributed by atoms with Crippen molar-refractivity contribution in [1.82, 2.24) is 0 Å². The summed E-state index contributed by atoms with van der Waals surface area (Å²) in [7, 11) is -3.47. The maximum atomic E-state index is 12.0. The third kappa shape index (κ3) is 2.58. The van der Waals surface area contributed by atoms with Gasteiger partial charge in [-0.25, -0.2) is 8.42 Å². The third-order valence-corrected chi connectivity index (χ3v) is 5.10. The van der Waals surface area contributed by atoms with Crippen LogP contribution in [0.4, 0.5) is 0 Å². The standard InChI is InChI=1S/C11H14O5S/c1-8-11(4-6-15-8)17(13,14)7-9(12)10-3-2-5-16-10/h2-3,5,8,11H,4,6-7H2,1H3. The molecule has 0 radical (unpaired) electrons. The van der Waals surface area contributed by atoms with Crippen LogP contribution in [0, 0.1) is 0 Å². The van der Waals surface area contributed by atoms with E-state index in [9.17, 15) is 13.2 Å². The summed E-state index contributed by atoms with van der Waals surface area (Å²) in [6.07, 6.45) is 1.46. The van der Waals surface area contributed by atoms with E-state index in [-0.39, 0.29) is 11.9 Å². The first kappa shape index (κ1) is 12.3. The second-order valence-electron chi connectivity index (χ2n) is 4.11. The van der Waals surface area contributed by atoms with E-state index in [1.54, 1.807) is 13.0 Å². The molecule has 0 aromatic carbocycles. The zero-order chi connectivity index (χ0) is 12.5. The zero-order valence-corrected chi connectivity index (χ0v) is 10.3. The average Bonchev–Trinajstić information content (AvgIpc) is 2.85. The minimum Gasteiger partial charge on any atom is -0.461 e. The minimum absolute atomic E-state index is 0.0835. The van der Waals surface area contributed by atoms with Gasteiger partial charge >= 0.3 is 0 Å². The van der Waals surface area contributed by atoms with E-state index < -0.39 is 26.6 Å². The van der Waals surface area contributed by atoms with Crippen LogP contribution in [0.2, 0.25) is 0 Å². The average molecular weight is 258 g/mol. The van der Waals surface area contributed by atoms with Crippen LogP contribution in [0.3, 0.4) is 0 Å². The molecule has 1 aromatic heterocycles. The monoisotopic (exact) mass is 258 g/mol. The number of carbonyl (C=O) groups excluding carboxylic acids is 1. The Hall–Kier alpha value is -1.14. The molecule has 0 spiro atoms. The highest BCUT2D eigenvalue weighted by Crippen LogP contribution is 2.22. The van der Waals surface area contributed by atoms with Crippen LogP contribution in [-0.2, 0) is 14.6 Å². The molecule has 0 saturated carbocycles. The summed E-state index contributed by atoms with van der Waals surface area (Å²) >= 11 is 0. The van der Waals surface area contributed by atoms with Crippen molar-refractivity contribution >= 4 is 15.6 Å².